The van der Waals surface area contributed by atoms with Crippen molar-refractivity contribution in [2.75, 3.05) is 29.2 Å². The molecule has 2 unspecified atom stereocenters. The number of nitrogens with one attached hydrogen (secondary N) is 1. The van der Waals surface area contributed by atoms with Gasteiger partial charge in [-0.1, -0.05) is 24.6 Å². The molecule has 31 heavy (non-hydrogen) atoms. The predicted octanol–water partition coefficient (Wildman–Crippen LogP) is 5.58. The minimum Gasteiger partial charge on any atom is -0.378 e. The standard InChI is InChI=1S/C24H27N5OS/c1-14-15(2)31-23(25-14)27-24(30)29-21-10-6-9-18(21)19-11-12-20(26-22(19)29)16-7-5-8-17(13-16)28(3)4/h5,7-8,11-13,18,21H,6,9-10H2,1-4H3,(H,25,27,30). The molecule has 2 atom stereocenters. The number of hydrogen-bond donors (Lipinski definition) is 1. The molecule has 2 aliphatic rings. The van der Waals surface area contributed by atoms with Crippen LogP contribution in [-0.2, 0) is 0 Å². The summed E-state index contributed by atoms with van der Waals surface area (Å²) >= 11 is 1.52. The van der Waals surface area contributed by atoms with Crippen molar-refractivity contribution in [1.29, 1.82) is 0 Å². The van der Waals surface area contributed by atoms with Crippen LogP contribution in [0, 0.1) is 13.8 Å². The molecule has 1 aliphatic heterocycles. The second kappa shape index (κ2) is 7.64. The molecule has 0 spiro atoms. The summed E-state index contributed by atoms with van der Waals surface area (Å²) in [4.78, 5) is 28.0. The van der Waals surface area contributed by atoms with Crippen LogP contribution in [0.1, 0.15) is 41.3 Å². The van der Waals surface area contributed by atoms with Gasteiger partial charge in [0.2, 0.25) is 0 Å². The minimum absolute atomic E-state index is 0.129. The van der Waals surface area contributed by atoms with Crippen molar-refractivity contribution in [3.63, 3.8) is 0 Å². The molecular formula is C24H27N5OS. The maximum absolute atomic E-state index is 13.4. The van der Waals surface area contributed by atoms with E-state index in [1.807, 2.05) is 38.9 Å². The molecule has 1 aliphatic carbocycles. The number of aryl methyl sites for hydroxylation is 2. The van der Waals surface area contributed by atoms with Crippen molar-refractivity contribution in [3.8, 4) is 11.3 Å². The normalized spacial score (nSPS) is 19.3. The highest BCUT2D eigenvalue weighted by Gasteiger charge is 2.45. The van der Waals surface area contributed by atoms with E-state index in [4.69, 9.17) is 4.98 Å². The molecule has 1 N–H and O–H groups in total. The van der Waals surface area contributed by atoms with Gasteiger partial charge < -0.3 is 4.90 Å². The van der Waals surface area contributed by atoms with E-state index in [2.05, 4.69) is 45.5 Å². The molecule has 1 fully saturated rings. The molecule has 0 bridgehead atoms. The lowest BCUT2D eigenvalue weighted by molar-refractivity contribution is 0.255. The average molecular weight is 434 g/mol. The number of urea groups is 1. The van der Waals surface area contributed by atoms with Crippen LogP contribution in [0.5, 0.6) is 0 Å². The Kier molecular flexibility index (Phi) is 4.93. The summed E-state index contributed by atoms with van der Waals surface area (Å²) in [5.41, 5.74) is 5.22. The second-order valence-corrected chi connectivity index (χ2v) is 9.82. The van der Waals surface area contributed by atoms with Crippen LogP contribution < -0.4 is 15.1 Å². The van der Waals surface area contributed by atoms with Gasteiger partial charge in [-0.05, 0) is 44.9 Å². The smallest absolute Gasteiger partial charge is 0.329 e. The van der Waals surface area contributed by atoms with Crippen LogP contribution in [0.15, 0.2) is 36.4 Å². The Morgan fingerprint density at radius 2 is 2.00 bits per heavy atom. The summed E-state index contributed by atoms with van der Waals surface area (Å²) in [6, 6.07) is 12.7. The van der Waals surface area contributed by atoms with E-state index in [1.165, 1.54) is 16.9 Å². The number of amides is 2. The first-order chi connectivity index (χ1) is 14.9. The molecule has 0 radical (unpaired) electrons. The number of fused-ring (bicyclic) bond motifs is 3. The zero-order chi connectivity index (χ0) is 21.7. The van der Waals surface area contributed by atoms with Crippen molar-refractivity contribution in [2.45, 2.75) is 45.1 Å². The Bertz CT molecular complexity index is 1140. The quantitative estimate of drug-likeness (QED) is 0.586. The van der Waals surface area contributed by atoms with Gasteiger partial charge in [0.15, 0.2) is 5.13 Å². The van der Waals surface area contributed by atoms with Crippen molar-refractivity contribution >= 4 is 34.0 Å². The highest BCUT2D eigenvalue weighted by atomic mass is 32.1. The molecule has 6 nitrogen and oxygen atoms in total. The number of anilines is 3. The van der Waals surface area contributed by atoms with Gasteiger partial charge in [0, 0.05) is 47.7 Å². The molecule has 3 aromatic rings. The molecule has 160 valence electrons. The number of benzene rings is 1. The summed E-state index contributed by atoms with van der Waals surface area (Å²) < 4.78 is 0. The molecule has 1 aromatic carbocycles. The van der Waals surface area contributed by atoms with Crippen LogP contribution >= 0.6 is 11.3 Å². The van der Waals surface area contributed by atoms with Crippen LogP contribution in [-0.4, -0.2) is 36.1 Å². The minimum atomic E-state index is -0.129. The fraction of sp³-hybridized carbons (Fsp3) is 0.375. The zero-order valence-corrected chi connectivity index (χ0v) is 19.2. The molecule has 3 heterocycles. The lowest BCUT2D eigenvalue weighted by Crippen LogP contribution is -2.40. The predicted molar refractivity (Wildman–Crippen MR) is 127 cm³/mol. The molecule has 1 saturated carbocycles. The van der Waals surface area contributed by atoms with Gasteiger partial charge in [0.1, 0.15) is 5.82 Å². The molecule has 7 heteroatoms. The van der Waals surface area contributed by atoms with Crippen LogP contribution in [0.25, 0.3) is 11.3 Å². The number of pyridine rings is 1. The van der Waals surface area contributed by atoms with Crippen molar-refractivity contribution in [2.24, 2.45) is 0 Å². The first kappa shape index (κ1) is 20.0. The number of hydrogen-bond acceptors (Lipinski definition) is 5. The average Bonchev–Trinajstić information content (AvgIpc) is 3.42. The number of aromatic nitrogens is 2. The Morgan fingerprint density at radius 1 is 1.16 bits per heavy atom. The van der Waals surface area contributed by atoms with E-state index in [0.717, 1.165) is 52.6 Å². The lowest BCUT2D eigenvalue weighted by atomic mass is 9.98. The SMILES string of the molecule is Cc1nc(NC(=O)N2c3nc(-c4cccc(N(C)C)c4)ccc3C3CCCC32)sc1C. The van der Waals surface area contributed by atoms with Crippen LogP contribution in [0.2, 0.25) is 0 Å². The fourth-order valence-electron chi connectivity index (χ4n) is 4.74. The Hall–Kier alpha value is -2.93. The van der Waals surface area contributed by atoms with Gasteiger partial charge in [-0.25, -0.2) is 14.8 Å². The van der Waals surface area contributed by atoms with E-state index in [-0.39, 0.29) is 12.1 Å². The van der Waals surface area contributed by atoms with E-state index in [0.29, 0.717) is 11.0 Å². The maximum Gasteiger partial charge on any atom is 0.329 e. The zero-order valence-electron chi connectivity index (χ0n) is 18.3. The summed E-state index contributed by atoms with van der Waals surface area (Å²) in [6.45, 7) is 3.99. The third-order valence-electron chi connectivity index (χ3n) is 6.46. The van der Waals surface area contributed by atoms with Gasteiger partial charge in [0.25, 0.3) is 0 Å². The van der Waals surface area contributed by atoms with Crippen LogP contribution in [0.4, 0.5) is 21.4 Å². The van der Waals surface area contributed by atoms with E-state index < -0.39 is 0 Å². The van der Waals surface area contributed by atoms with Crippen molar-refractivity contribution in [1.82, 2.24) is 9.97 Å². The molecule has 5 rings (SSSR count). The van der Waals surface area contributed by atoms with Gasteiger partial charge in [-0.2, -0.15) is 0 Å². The third-order valence-corrected chi connectivity index (χ3v) is 7.45. The highest BCUT2D eigenvalue weighted by molar-refractivity contribution is 7.15. The van der Waals surface area contributed by atoms with Gasteiger partial charge in [0.05, 0.1) is 11.4 Å². The Labute approximate surface area is 186 Å². The Balaban J connectivity index is 1.51. The second-order valence-electron chi connectivity index (χ2n) is 8.62. The van der Waals surface area contributed by atoms with Crippen LogP contribution in [0.3, 0.4) is 0 Å². The number of carbonyl (C=O) groups excluding carboxylic acids is 1. The van der Waals surface area contributed by atoms with Gasteiger partial charge in [-0.15, -0.1) is 11.3 Å². The number of rotatable bonds is 3. The monoisotopic (exact) mass is 433 g/mol. The third kappa shape index (κ3) is 3.47. The molecular weight excluding hydrogens is 406 g/mol. The lowest BCUT2D eigenvalue weighted by Gasteiger charge is -2.24. The van der Waals surface area contributed by atoms with Gasteiger partial charge >= 0.3 is 6.03 Å². The first-order valence-electron chi connectivity index (χ1n) is 10.8. The first-order valence-corrected chi connectivity index (χ1v) is 11.6. The van der Waals surface area contributed by atoms with E-state index >= 15 is 0 Å². The summed E-state index contributed by atoms with van der Waals surface area (Å²) in [7, 11) is 4.06. The summed E-state index contributed by atoms with van der Waals surface area (Å²) in [5.74, 6) is 1.17. The molecule has 2 amide bonds. The molecule has 2 aromatic heterocycles. The summed E-state index contributed by atoms with van der Waals surface area (Å²) in [5, 5.41) is 3.68. The van der Waals surface area contributed by atoms with E-state index in [9.17, 15) is 4.79 Å². The number of thiazole rings is 1. The Morgan fingerprint density at radius 3 is 2.74 bits per heavy atom. The topological polar surface area (TPSA) is 61.4 Å². The largest absolute Gasteiger partial charge is 0.378 e. The summed E-state index contributed by atoms with van der Waals surface area (Å²) in [6.07, 6.45) is 3.25. The number of carbonyl (C=O) groups is 1. The van der Waals surface area contributed by atoms with Gasteiger partial charge in [-0.3, -0.25) is 10.2 Å². The van der Waals surface area contributed by atoms with Crippen molar-refractivity contribution < 1.29 is 4.79 Å². The maximum atomic E-state index is 13.4. The highest BCUT2D eigenvalue weighted by Crippen LogP contribution is 2.49. The molecule has 0 saturated heterocycles. The van der Waals surface area contributed by atoms with E-state index in [1.54, 1.807) is 0 Å². The fourth-order valence-corrected chi connectivity index (χ4v) is 5.54. The van der Waals surface area contributed by atoms with Crippen molar-refractivity contribution in [3.05, 3.63) is 52.5 Å². The number of nitrogens with zero attached hydrogens (tertiary/aromatic N) is 4.